The lowest BCUT2D eigenvalue weighted by Gasteiger charge is -2.37. The number of anilines is 3. The van der Waals surface area contributed by atoms with E-state index in [-0.39, 0.29) is 19.0 Å². The molecular weight excluding hydrogens is 395 g/mol. The van der Waals surface area contributed by atoms with E-state index < -0.39 is 5.82 Å². The van der Waals surface area contributed by atoms with E-state index in [1.165, 1.54) is 6.07 Å². The van der Waals surface area contributed by atoms with E-state index in [0.29, 0.717) is 28.0 Å². The molecule has 1 fully saturated rings. The predicted octanol–water partition coefficient (Wildman–Crippen LogP) is 2.39. The smallest absolute Gasteiger partial charge is 0.246 e. The largest absolute Gasteiger partial charge is 0.341 e. The quantitative estimate of drug-likeness (QED) is 0.760. The Morgan fingerprint density at radius 3 is 2.66 bits per heavy atom. The summed E-state index contributed by atoms with van der Waals surface area (Å²) >= 11 is 5.87. The lowest BCUT2D eigenvalue weighted by Crippen LogP contribution is -2.47. The first kappa shape index (κ1) is 19.8. The van der Waals surface area contributed by atoms with E-state index in [1.807, 2.05) is 0 Å². The number of hydrogen-bond donors (Lipinski definition) is 0. The minimum Gasteiger partial charge on any atom is -0.341 e. The molecule has 2 aliphatic heterocycles. The van der Waals surface area contributed by atoms with Crippen molar-refractivity contribution in [2.45, 2.75) is 13.5 Å². The van der Waals surface area contributed by atoms with E-state index in [1.54, 1.807) is 35.2 Å². The molecule has 4 rings (SSSR count). The van der Waals surface area contributed by atoms with Crippen LogP contribution in [-0.2, 0) is 11.3 Å². The van der Waals surface area contributed by atoms with Crippen molar-refractivity contribution in [2.24, 2.45) is 0 Å². The van der Waals surface area contributed by atoms with Crippen molar-refractivity contribution in [1.82, 2.24) is 14.9 Å². The number of benzene rings is 1. The maximum Gasteiger partial charge on any atom is 0.246 e. The van der Waals surface area contributed by atoms with Gasteiger partial charge in [0.2, 0.25) is 11.9 Å². The van der Waals surface area contributed by atoms with Crippen LogP contribution in [0.15, 0.2) is 24.4 Å². The molecule has 9 heteroatoms. The fourth-order valence-corrected chi connectivity index (χ4v) is 3.87. The summed E-state index contributed by atoms with van der Waals surface area (Å²) in [5.41, 5.74) is 1.10. The fourth-order valence-electron chi connectivity index (χ4n) is 3.71. The zero-order chi connectivity index (χ0) is 20.5. The number of carbonyl (C=O) groups is 1. The molecule has 0 saturated carbocycles. The van der Waals surface area contributed by atoms with Crippen molar-refractivity contribution < 1.29 is 9.18 Å². The second-order valence-electron chi connectivity index (χ2n) is 7.34. The summed E-state index contributed by atoms with van der Waals surface area (Å²) in [7, 11) is 1.71. The molecule has 1 aromatic heterocycles. The Hall–Kier alpha value is -2.45. The Labute approximate surface area is 174 Å². The van der Waals surface area contributed by atoms with Gasteiger partial charge in [-0.05, 0) is 18.7 Å². The Bertz CT molecular complexity index is 918. The van der Waals surface area contributed by atoms with Crippen molar-refractivity contribution in [3.8, 4) is 0 Å². The third kappa shape index (κ3) is 4.00. The highest BCUT2D eigenvalue weighted by Gasteiger charge is 2.30. The molecule has 1 aromatic carbocycles. The topological polar surface area (TPSA) is 55.8 Å². The molecule has 3 heterocycles. The van der Waals surface area contributed by atoms with Crippen molar-refractivity contribution in [2.75, 3.05) is 61.0 Å². The van der Waals surface area contributed by atoms with E-state index >= 15 is 0 Å². The third-order valence-corrected chi connectivity index (χ3v) is 5.81. The van der Waals surface area contributed by atoms with Gasteiger partial charge in [-0.3, -0.25) is 4.79 Å². The Kier molecular flexibility index (Phi) is 5.56. The van der Waals surface area contributed by atoms with Gasteiger partial charge in [-0.15, -0.1) is 0 Å². The number of rotatable bonds is 4. The molecule has 2 aromatic rings. The molecule has 0 radical (unpaired) electrons. The first-order valence-corrected chi connectivity index (χ1v) is 10.1. The van der Waals surface area contributed by atoms with Crippen LogP contribution in [0.3, 0.4) is 0 Å². The van der Waals surface area contributed by atoms with Crippen LogP contribution in [0, 0.1) is 5.82 Å². The molecular formula is C20H24ClFN6O. The second-order valence-corrected chi connectivity index (χ2v) is 7.78. The first-order chi connectivity index (χ1) is 14.0. The second kappa shape index (κ2) is 8.12. The summed E-state index contributed by atoms with van der Waals surface area (Å²) < 4.78 is 14.3. The maximum atomic E-state index is 14.3. The van der Waals surface area contributed by atoms with Crippen LogP contribution in [-0.4, -0.2) is 67.1 Å². The van der Waals surface area contributed by atoms with Gasteiger partial charge in [-0.2, -0.15) is 4.98 Å². The van der Waals surface area contributed by atoms with Gasteiger partial charge in [0.1, 0.15) is 11.5 Å². The maximum absolute atomic E-state index is 14.3. The molecule has 1 saturated heterocycles. The number of likely N-dealkylation sites (N-methyl/N-ethyl adjacent to an activating group) is 2. The number of amides is 1. The van der Waals surface area contributed by atoms with Gasteiger partial charge in [-0.25, -0.2) is 9.37 Å². The summed E-state index contributed by atoms with van der Waals surface area (Å²) in [6.45, 7) is 7.20. The number of halogens is 2. The monoisotopic (exact) mass is 418 g/mol. The number of hydrogen-bond acceptors (Lipinski definition) is 6. The SMILES string of the molecule is CCN1CCN(c2ncc3c(n2)N(Cc2ccc(Cl)cc2F)CC(=O)N3C)CC1. The average molecular weight is 419 g/mol. The lowest BCUT2D eigenvalue weighted by molar-refractivity contribution is -0.117. The van der Waals surface area contributed by atoms with Crippen molar-refractivity contribution >= 4 is 35.0 Å². The molecule has 0 aliphatic carbocycles. The lowest BCUT2D eigenvalue weighted by atomic mass is 10.1. The summed E-state index contributed by atoms with van der Waals surface area (Å²) in [4.78, 5) is 29.6. The Morgan fingerprint density at radius 1 is 1.21 bits per heavy atom. The molecule has 0 atom stereocenters. The van der Waals surface area contributed by atoms with Crippen LogP contribution in [0.25, 0.3) is 0 Å². The van der Waals surface area contributed by atoms with E-state index in [0.717, 1.165) is 32.7 Å². The molecule has 0 unspecified atom stereocenters. The van der Waals surface area contributed by atoms with Crippen LogP contribution in [0.5, 0.6) is 0 Å². The summed E-state index contributed by atoms with van der Waals surface area (Å²) in [5, 5.41) is 0.344. The standard InChI is InChI=1S/C20H24ClFN6O/c1-3-26-6-8-27(9-7-26)20-23-11-17-19(24-20)28(13-18(29)25(17)2)12-14-4-5-15(21)10-16(14)22/h4-5,10-11H,3,6-9,12-13H2,1-2H3. The predicted molar refractivity (Wildman–Crippen MR) is 112 cm³/mol. The minimum absolute atomic E-state index is 0.0835. The van der Waals surface area contributed by atoms with Gasteiger partial charge in [0.15, 0.2) is 5.82 Å². The molecule has 2 aliphatic rings. The molecule has 1 amide bonds. The minimum atomic E-state index is -0.393. The molecule has 29 heavy (non-hydrogen) atoms. The average Bonchev–Trinajstić information content (AvgIpc) is 2.73. The summed E-state index contributed by atoms with van der Waals surface area (Å²) in [6, 6.07) is 4.58. The zero-order valence-electron chi connectivity index (χ0n) is 16.6. The molecule has 0 spiro atoms. The zero-order valence-corrected chi connectivity index (χ0v) is 17.4. The highest BCUT2D eigenvalue weighted by Crippen LogP contribution is 2.33. The van der Waals surface area contributed by atoms with Crippen molar-refractivity contribution in [3.63, 3.8) is 0 Å². The third-order valence-electron chi connectivity index (χ3n) is 5.58. The molecule has 0 bridgehead atoms. The number of carbonyl (C=O) groups excluding carboxylic acids is 1. The Morgan fingerprint density at radius 2 is 1.97 bits per heavy atom. The summed E-state index contributed by atoms with van der Waals surface area (Å²) in [6.07, 6.45) is 1.69. The van der Waals surface area contributed by atoms with Crippen LogP contribution in [0.1, 0.15) is 12.5 Å². The van der Waals surface area contributed by atoms with Crippen molar-refractivity contribution in [1.29, 1.82) is 0 Å². The van der Waals surface area contributed by atoms with Crippen LogP contribution in [0.2, 0.25) is 5.02 Å². The van der Waals surface area contributed by atoms with Gasteiger partial charge in [0.05, 0.1) is 12.7 Å². The van der Waals surface area contributed by atoms with Crippen LogP contribution < -0.4 is 14.7 Å². The fraction of sp³-hybridized carbons (Fsp3) is 0.450. The van der Waals surface area contributed by atoms with E-state index in [9.17, 15) is 9.18 Å². The highest BCUT2D eigenvalue weighted by molar-refractivity contribution is 6.30. The summed E-state index contributed by atoms with van der Waals surface area (Å²) in [5.74, 6) is 0.809. The Balaban J connectivity index is 1.63. The molecule has 154 valence electrons. The number of aromatic nitrogens is 2. The van der Waals surface area contributed by atoms with Gasteiger partial charge in [0.25, 0.3) is 0 Å². The molecule has 7 nitrogen and oxygen atoms in total. The van der Waals surface area contributed by atoms with Gasteiger partial charge < -0.3 is 19.6 Å². The van der Waals surface area contributed by atoms with E-state index in [4.69, 9.17) is 16.6 Å². The van der Waals surface area contributed by atoms with Crippen LogP contribution >= 0.6 is 11.6 Å². The van der Waals surface area contributed by atoms with E-state index in [2.05, 4.69) is 21.7 Å². The molecule has 0 N–H and O–H groups in total. The van der Waals surface area contributed by atoms with Gasteiger partial charge in [0, 0.05) is 50.4 Å². The highest BCUT2D eigenvalue weighted by atomic mass is 35.5. The first-order valence-electron chi connectivity index (χ1n) is 9.76. The van der Waals surface area contributed by atoms with Crippen LogP contribution in [0.4, 0.5) is 21.8 Å². The van der Waals surface area contributed by atoms with Crippen molar-refractivity contribution in [3.05, 3.63) is 40.8 Å². The van der Waals surface area contributed by atoms with Gasteiger partial charge in [-0.1, -0.05) is 24.6 Å². The van der Waals surface area contributed by atoms with Gasteiger partial charge >= 0.3 is 0 Å². The number of fused-ring (bicyclic) bond motifs is 1. The number of piperazine rings is 1. The number of nitrogens with zero attached hydrogens (tertiary/aromatic N) is 6. The normalized spacial score (nSPS) is 17.7.